The maximum Gasteiger partial charge on any atom is 0.220 e. The Kier molecular flexibility index (Phi) is 3.76. The minimum absolute atomic E-state index is 0.109. The summed E-state index contributed by atoms with van der Waals surface area (Å²) < 4.78 is 1.83. The number of rotatable bonds is 6. The normalized spacial score (nSPS) is 18.7. The van der Waals surface area contributed by atoms with Crippen LogP contribution in [0.5, 0.6) is 0 Å². The van der Waals surface area contributed by atoms with E-state index in [0.717, 1.165) is 18.6 Å². The molecule has 1 aliphatic rings. The van der Waals surface area contributed by atoms with E-state index in [2.05, 4.69) is 23.0 Å². The Labute approximate surface area is 107 Å². The van der Waals surface area contributed by atoms with Gasteiger partial charge in [-0.3, -0.25) is 9.48 Å². The van der Waals surface area contributed by atoms with Crippen molar-refractivity contribution >= 4 is 18.5 Å². The summed E-state index contributed by atoms with van der Waals surface area (Å²) in [4.78, 5) is 11.8. The van der Waals surface area contributed by atoms with Gasteiger partial charge in [0.2, 0.25) is 5.91 Å². The molecule has 1 aromatic rings. The summed E-state index contributed by atoms with van der Waals surface area (Å²) in [6.07, 6.45) is 6.53. The Morgan fingerprint density at radius 1 is 1.65 bits per heavy atom. The molecule has 1 saturated carbocycles. The molecule has 1 unspecified atom stereocenters. The van der Waals surface area contributed by atoms with Crippen LogP contribution in [0.2, 0.25) is 0 Å². The molecule has 0 bridgehead atoms. The number of nitrogens with zero attached hydrogens (tertiary/aromatic N) is 2. The van der Waals surface area contributed by atoms with Gasteiger partial charge in [-0.1, -0.05) is 0 Å². The van der Waals surface area contributed by atoms with E-state index < -0.39 is 0 Å². The number of thiol groups is 1. The molecular formula is C12H19N3OS. The summed E-state index contributed by atoms with van der Waals surface area (Å²) in [5, 5.41) is 7.13. The molecule has 17 heavy (non-hydrogen) atoms. The van der Waals surface area contributed by atoms with Crippen molar-refractivity contribution in [3.8, 4) is 0 Å². The molecule has 0 radical (unpaired) electrons. The largest absolute Gasteiger partial charge is 0.352 e. The van der Waals surface area contributed by atoms with Gasteiger partial charge < -0.3 is 5.32 Å². The minimum Gasteiger partial charge on any atom is -0.352 e. The van der Waals surface area contributed by atoms with Crippen molar-refractivity contribution in [2.75, 3.05) is 5.75 Å². The van der Waals surface area contributed by atoms with Crippen LogP contribution in [0, 0.1) is 5.41 Å². The fourth-order valence-electron chi connectivity index (χ4n) is 1.97. The van der Waals surface area contributed by atoms with Gasteiger partial charge in [0.25, 0.3) is 0 Å². The summed E-state index contributed by atoms with van der Waals surface area (Å²) in [6.45, 7) is 2.71. The molecule has 1 aromatic heterocycles. The third-order valence-electron chi connectivity index (χ3n) is 3.26. The van der Waals surface area contributed by atoms with E-state index in [-0.39, 0.29) is 17.4 Å². The van der Waals surface area contributed by atoms with Crippen LogP contribution in [0.1, 0.15) is 26.2 Å². The van der Waals surface area contributed by atoms with Crippen molar-refractivity contribution in [3.63, 3.8) is 0 Å². The lowest BCUT2D eigenvalue weighted by molar-refractivity contribution is -0.122. The van der Waals surface area contributed by atoms with Crippen molar-refractivity contribution in [1.82, 2.24) is 15.1 Å². The van der Waals surface area contributed by atoms with Crippen molar-refractivity contribution in [1.29, 1.82) is 0 Å². The summed E-state index contributed by atoms with van der Waals surface area (Å²) in [5.41, 5.74) is 0.193. The predicted octanol–water partition coefficient (Wildman–Crippen LogP) is 1.49. The molecule has 0 aromatic carbocycles. The predicted molar refractivity (Wildman–Crippen MR) is 70.0 cm³/mol. The molecule has 1 aliphatic carbocycles. The Morgan fingerprint density at radius 2 is 2.41 bits per heavy atom. The first-order valence-corrected chi connectivity index (χ1v) is 6.64. The van der Waals surface area contributed by atoms with E-state index in [9.17, 15) is 4.79 Å². The molecular weight excluding hydrogens is 234 g/mol. The van der Waals surface area contributed by atoms with Crippen LogP contribution in [0.15, 0.2) is 18.5 Å². The second kappa shape index (κ2) is 5.12. The van der Waals surface area contributed by atoms with Gasteiger partial charge in [0, 0.05) is 24.9 Å². The number of hydrogen-bond acceptors (Lipinski definition) is 3. The minimum atomic E-state index is 0.109. The lowest BCUT2D eigenvalue weighted by Gasteiger charge is -2.16. The number of aromatic nitrogens is 2. The zero-order valence-corrected chi connectivity index (χ0v) is 11.0. The molecule has 2 rings (SSSR count). The molecule has 5 heteroatoms. The summed E-state index contributed by atoms with van der Waals surface area (Å²) >= 11 is 4.31. The van der Waals surface area contributed by atoms with Crippen LogP contribution in [-0.2, 0) is 11.3 Å². The Morgan fingerprint density at radius 3 is 2.94 bits per heavy atom. The van der Waals surface area contributed by atoms with Gasteiger partial charge in [0.15, 0.2) is 0 Å². The van der Waals surface area contributed by atoms with Gasteiger partial charge in [-0.2, -0.15) is 17.7 Å². The molecule has 4 nitrogen and oxygen atoms in total. The second-order valence-electron chi connectivity index (χ2n) is 5.03. The van der Waals surface area contributed by atoms with Crippen molar-refractivity contribution in [3.05, 3.63) is 18.5 Å². The average Bonchev–Trinajstić information content (AvgIpc) is 2.85. The van der Waals surface area contributed by atoms with Gasteiger partial charge in [0.05, 0.1) is 6.54 Å². The maximum atomic E-state index is 11.8. The summed E-state index contributed by atoms with van der Waals surface area (Å²) in [7, 11) is 0. The van der Waals surface area contributed by atoms with E-state index >= 15 is 0 Å². The molecule has 1 amide bonds. The SMILES string of the molecule is CC(Cn1cccn1)NC(=O)CC1(CS)CC1. The summed E-state index contributed by atoms with van der Waals surface area (Å²) in [6, 6.07) is 1.99. The Hall–Kier alpha value is -0.970. The van der Waals surface area contributed by atoms with E-state index in [1.165, 1.54) is 0 Å². The van der Waals surface area contributed by atoms with Crippen LogP contribution in [-0.4, -0.2) is 27.5 Å². The lowest BCUT2D eigenvalue weighted by Crippen LogP contribution is -2.37. The Bertz CT molecular complexity index is 373. The molecule has 0 spiro atoms. The van der Waals surface area contributed by atoms with Gasteiger partial charge >= 0.3 is 0 Å². The topological polar surface area (TPSA) is 46.9 Å². The van der Waals surface area contributed by atoms with Crippen LogP contribution in [0.3, 0.4) is 0 Å². The molecule has 0 aliphatic heterocycles. The van der Waals surface area contributed by atoms with E-state index in [1.807, 2.05) is 23.9 Å². The van der Waals surface area contributed by atoms with Crippen LogP contribution < -0.4 is 5.32 Å². The number of nitrogens with one attached hydrogen (secondary N) is 1. The molecule has 1 fully saturated rings. The highest BCUT2D eigenvalue weighted by atomic mass is 32.1. The van der Waals surface area contributed by atoms with Crippen LogP contribution >= 0.6 is 12.6 Å². The molecule has 1 N–H and O–H groups in total. The molecule has 0 saturated heterocycles. The van der Waals surface area contributed by atoms with Crippen LogP contribution in [0.25, 0.3) is 0 Å². The fourth-order valence-corrected chi connectivity index (χ4v) is 2.40. The number of hydrogen-bond donors (Lipinski definition) is 2. The second-order valence-corrected chi connectivity index (χ2v) is 5.35. The highest BCUT2D eigenvalue weighted by molar-refractivity contribution is 7.80. The van der Waals surface area contributed by atoms with Crippen LogP contribution in [0.4, 0.5) is 0 Å². The first-order valence-electron chi connectivity index (χ1n) is 6.01. The summed E-state index contributed by atoms with van der Waals surface area (Å²) in [5.74, 6) is 0.949. The van der Waals surface area contributed by atoms with Gasteiger partial charge in [-0.25, -0.2) is 0 Å². The van der Waals surface area contributed by atoms with Gasteiger partial charge in [-0.15, -0.1) is 0 Å². The lowest BCUT2D eigenvalue weighted by atomic mass is 10.0. The third kappa shape index (κ3) is 3.49. The fraction of sp³-hybridized carbons (Fsp3) is 0.667. The van der Waals surface area contributed by atoms with Crippen molar-refractivity contribution < 1.29 is 4.79 Å². The monoisotopic (exact) mass is 253 g/mol. The standard InChI is InChI=1S/C12H19N3OS/c1-10(8-15-6-2-5-13-15)14-11(16)7-12(9-17)3-4-12/h2,5-6,10,17H,3-4,7-9H2,1H3,(H,14,16). The quantitative estimate of drug-likeness (QED) is 0.755. The zero-order valence-electron chi connectivity index (χ0n) is 10.1. The number of carbonyl (C=O) groups is 1. The smallest absolute Gasteiger partial charge is 0.220 e. The Balaban J connectivity index is 1.74. The van der Waals surface area contributed by atoms with E-state index in [0.29, 0.717) is 13.0 Å². The van der Waals surface area contributed by atoms with E-state index in [1.54, 1.807) is 6.20 Å². The van der Waals surface area contributed by atoms with Crippen molar-refractivity contribution in [2.45, 2.75) is 38.8 Å². The third-order valence-corrected chi connectivity index (χ3v) is 3.93. The highest BCUT2D eigenvalue weighted by Crippen LogP contribution is 2.49. The first kappa shape index (κ1) is 12.5. The maximum absolute atomic E-state index is 11.8. The average molecular weight is 253 g/mol. The number of carbonyl (C=O) groups excluding carboxylic acids is 1. The van der Waals surface area contributed by atoms with Gasteiger partial charge in [-0.05, 0) is 37.0 Å². The van der Waals surface area contributed by atoms with Gasteiger partial charge in [0.1, 0.15) is 0 Å². The molecule has 1 atom stereocenters. The highest BCUT2D eigenvalue weighted by Gasteiger charge is 2.42. The first-order chi connectivity index (χ1) is 8.13. The van der Waals surface area contributed by atoms with Crippen molar-refractivity contribution in [2.24, 2.45) is 5.41 Å². The van der Waals surface area contributed by atoms with E-state index in [4.69, 9.17) is 0 Å². The molecule has 94 valence electrons. The number of amides is 1. The zero-order chi connectivity index (χ0) is 12.3. The molecule has 1 heterocycles.